The number of rotatable bonds is 4. The van der Waals surface area contributed by atoms with Crippen molar-refractivity contribution in [2.45, 2.75) is 12.8 Å². The van der Waals surface area contributed by atoms with E-state index in [9.17, 15) is 0 Å². The Balaban J connectivity index is 1.28. The number of nitrogens with one attached hydrogen (secondary N) is 2. The fraction of sp³-hybridized carbons (Fsp3) is 0.0556. The van der Waals surface area contributed by atoms with Gasteiger partial charge in [0.05, 0.1) is 22.8 Å². The summed E-state index contributed by atoms with van der Waals surface area (Å²) in [6.07, 6.45) is 1.47. The minimum Gasteiger partial charge on any atom is -0.278 e. The van der Waals surface area contributed by atoms with Gasteiger partial charge in [-0.3, -0.25) is 10.9 Å². The van der Waals surface area contributed by atoms with E-state index in [-0.39, 0.29) is 0 Å². The Hall–Kier alpha value is -5.22. The lowest BCUT2D eigenvalue weighted by Gasteiger charge is -2.20. The third-order valence-corrected chi connectivity index (χ3v) is 7.52. The predicted octanol–water partition coefficient (Wildman–Crippen LogP) is 8.42. The molecule has 0 fully saturated rings. The lowest BCUT2D eigenvalue weighted by atomic mass is 9.87. The van der Waals surface area contributed by atoms with Gasteiger partial charge in [-0.2, -0.15) is 10.2 Å². The average Bonchev–Trinajstić information content (AvgIpc) is 3.01. The Morgan fingerprint density at radius 3 is 1.27 bits per heavy atom. The molecule has 4 nitrogen and oxygen atoms in total. The van der Waals surface area contributed by atoms with Crippen molar-refractivity contribution < 1.29 is 0 Å². The van der Waals surface area contributed by atoms with Gasteiger partial charge in [-0.25, -0.2) is 0 Å². The molecule has 0 unspecified atom stereocenters. The third kappa shape index (κ3) is 4.83. The summed E-state index contributed by atoms with van der Waals surface area (Å²) in [4.78, 5) is 0. The van der Waals surface area contributed by atoms with Gasteiger partial charge in [0.15, 0.2) is 0 Å². The van der Waals surface area contributed by atoms with Crippen LogP contribution in [0.15, 0.2) is 144 Å². The SMILES string of the molecule is c1ccc2c(c1)C/C(=N\Nc1ccc3ccccc3c1)c1ccccc1/C(=N/Nc1ccc3ccccc3c1)C2. The molecule has 0 bridgehead atoms. The zero-order valence-corrected chi connectivity index (χ0v) is 22.0. The van der Waals surface area contributed by atoms with Crippen molar-refractivity contribution in [1.82, 2.24) is 0 Å². The topological polar surface area (TPSA) is 48.8 Å². The molecule has 0 saturated carbocycles. The van der Waals surface area contributed by atoms with E-state index >= 15 is 0 Å². The summed E-state index contributed by atoms with van der Waals surface area (Å²) in [7, 11) is 0. The second kappa shape index (κ2) is 10.5. The van der Waals surface area contributed by atoms with Crippen LogP contribution in [0.3, 0.4) is 0 Å². The van der Waals surface area contributed by atoms with Crippen LogP contribution in [0.1, 0.15) is 22.3 Å². The van der Waals surface area contributed by atoms with E-state index in [0.29, 0.717) is 0 Å². The maximum Gasteiger partial charge on any atom is 0.0729 e. The molecule has 2 N–H and O–H groups in total. The Morgan fingerprint density at radius 1 is 0.400 bits per heavy atom. The molecule has 192 valence electrons. The highest BCUT2D eigenvalue weighted by Gasteiger charge is 2.21. The van der Waals surface area contributed by atoms with Crippen molar-refractivity contribution in [2.75, 3.05) is 10.9 Å². The molecule has 1 aliphatic carbocycles. The van der Waals surface area contributed by atoms with E-state index in [2.05, 4.69) is 144 Å². The summed E-state index contributed by atoms with van der Waals surface area (Å²) in [5.41, 5.74) is 15.3. The maximum atomic E-state index is 4.98. The van der Waals surface area contributed by atoms with Crippen molar-refractivity contribution in [3.63, 3.8) is 0 Å². The summed E-state index contributed by atoms with van der Waals surface area (Å²) in [5, 5.41) is 14.8. The zero-order chi connectivity index (χ0) is 26.7. The predicted molar refractivity (Wildman–Crippen MR) is 169 cm³/mol. The van der Waals surface area contributed by atoms with E-state index < -0.39 is 0 Å². The van der Waals surface area contributed by atoms with Crippen molar-refractivity contribution in [1.29, 1.82) is 0 Å². The number of hydrogen-bond donors (Lipinski definition) is 2. The molecule has 0 spiro atoms. The molecule has 40 heavy (non-hydrogen) atoms. The first-order valence-corrected chi connectivity index (χ1v) is 13.6. The van der Waals surface area contributed by atoms with Gasteiger partial charge in [0.1, 0.15) is 0 Å². The first-order valence-electron chi connectivity index (χ1n) is 13.6. The molecule has 1 aliphatic rings. The third-order valence-electron chi connectivity index (χ3n) is 7.52. The highest BCUT2D eigenvalue weighted by Crippen LogP contribution is 2.25. The van der Waals surface area contributed by atoms with Crippen LogP contribution in [0.4, 0.5) is 11.4 Å². The zero-order valence-electron chi connectivity index (χ0n) is 22.0. The van der Waals surface area contributed by atoms with Crippen LogP contribution in [0.5, 0.6) is 0 Å². The highest BCUT2D eigenvalue weighted by atomic mass is 15.3. The number of hydrazone groups is 2. The molecule has 6 aromatic carbocycles. The van der Waals surface area contributed by atoms with Crippen LogP contribution >= 0.6 is 0 Å². The average molecular weight is 517 g/mol. The van der Waals surface area contributed by atoms with Crippen LogP contribution in [-0.2, 0) is 12.8 Å². The molecule has 0 saturated heterocycles. The number of nitrogens with zero attached hydrogens (tertiary/aromatic N) is 2. The minimum atomic E-state index is 0.735. The quantitative estimate of drug-likeness (QED) is 0.231. The van der Waals surface area contributed by atoms with E-state index in [1.165, 1.54) is 32.7 Å². The fourth-order valence-electron chi connectivity index (χ4n) is 5.42. The first kappa shape index (κ1) is 23.9. The first-order chi connectivity index (χ1) is 19.8. The van der Waals surface area contributed by atoms with Gasteiger partial charge >= 0.3 is 0 Å². The molecule has 0 aliphatic heterocycles. The summed E-state index contributed by atoms with van der Waals surface area (Å²) < 4.78 is 0. The smallest absolute Gasteiger partial charge is 0.0729 e. The maximum absolute atomic E-state index is 4.98. The standard InChI is InChI=1S/C36H28N4/c1-3-11-27-21-31(19-17-25(27)9-1)37-39-35-23-29-13-5-6-14-30(29)24-36(34-16-8-7-15-33(34)35)40-38-32-20-18-26-10-2-4-12-28(26)22-32/h1-22,37-38H,23-24H2/b39-35+,40-36+. The Morgan fingerprint density at radius 2 is 0.800 bits per heavy atom. The molecule has 0 aromatic heterocycles. The Kier molecular flexibility index (Phi) is 6.27. The number of benzene rings is 6. The van der Waals surface area contributed by atoms with Crippen LogP contribution in [0, 0.1) is 0 Å². The molecule has 0 radical (unpaired) electrons. The monoisotopic (exact) mass is 516 g/mol. The summed E-state index contributed by atoms with van der Waals surface area (Å²) in [6.45, 7) is 0. The number of fused-ring (bicyclic) bond motifs is 4. The van der Waals surface area contributed by atoms with E-state index in [4.69, 9.17) is 10.2 Å². The molecule has 7 rings (SSSR count). The second-order valence-corrected chi connectivity index (χ2v) is 10.1. The molecule has 0 amide bonds. The summed E-state index contributed by atoms with van der Waals surface area (Å²) >= 11 is 0. The van der Waals surface area contributed by atoms with Crippen molar-refractivity contribution in [3.8, 4) is 0 Å². The molecule has 0 heterocycles. The van der Waals surface area contributed by atoms with Crippen LogP contribution < -0.4 is 10.9 Å². The molecular weight excluding hydrogens is 488 g/mol. The van der Waals surface area contributed by atoms with E-state index in [1.807, 2.05) is 0 Å². The lowest BCUT2D eigenvalue weighted by molar-refractivity contribution is 1.15. The number of anilines is 2. The summed E-state index contributed by atoms with van der Waals surface area (Å²) in [6, 6.07) is 46.5. The van der Waals surface area contributed by atoms with Gasteiger partial charge in [0.2, 0.25) is 0 Å². The van der Waals surface area contributed by atoms with Gasteiger partial charge in [-0.1, -0.05) is 109 Å². The van der Waals surface area contributed by atoms with Crippen LogP contribution in [0.25, 0.3) is 21.5 Å². The second-order valence-electron chi connectivity index (χ2n) is 10.1. The summed E-state index contributed by atoms with van der Waals surface area (Å²) in [5.74, 6) is 0. The molecule has 6 aromatic rings. The minimum absolute atomic E-state index is 0.735. The van der Waals surface area contributed by atoms with Crippen molar-refractivity contribution >= 4 is 44.3 Å². The molecular formula is C36H28N4. The van der Waals surface area contributed by atoms with Gasteiger partial charge < -0.3 is 0 Å². The van der Waals surface area contributed by atoms with Crippen LogP contribution in [-0.4, -0.2) is 11.4 Å². The normalized spacial score (nSPS) is 14.9. The van der Waals surface area contributed by atoms with Gasteiger partial charge in [-0.05, 0) is 56.9 Å². The van der Waals surface area contributed by atoms with Gasteiger partial charge in [0.25, 0.3) is 0 Å². The fourth-order valence-corrected chi connectivity index (χ4v) is 5.42. The molecule has 4 heteroatoms. The Bertz CT molecular complexity index is 1780. The Labute approximate surface area is 233 Å². The van der Waals surface area contributed by atoms with E-state index in [0.717, 1.165) is 46.8 Å². The lowest BCUT2D eigenvalue weighted by Crippen LogP contribution is -2.21. The van der Waals surface area contributed by atoms with Crippen molar-refractivity contribution in [2.24, 2.45) is 10.2 Å². The highest BCUT2D eigenvalue weighted by molar-refractivity contribution is 6.15. The number of hydrogen-bond acceptors (Lipinski definition) is 4. The van der Waals surface area contributed by atoms with Gasteiger partial charge in [0, 0.05) is 24.0 Å². The van der Waals surface area contributed by atoms with Gasteiger partial charge in [-0.15, -0.1) is 0 Å². The van der Waals surface area contributed by atoms with Crippen LogP contribution in [0.2, 0.25) is 0 Å². The van der Waals surface area contributed by atoms with E-state index in [1.54, 1.807) is 0 Å². The largest absolute Gasteiger partial charge is 0.278 e. The van der Waals surface area contributed by atoms with Crippen molar-refractivity contribution in [3.05, 3.63) is 156 Å². The molecule has 0 atom stereocenters.